The predicted octanol–water partition coefficient (Wildman–Crippen LogP) is 0.490. The number of nitrogens with zero attached hydrogens (tertiary/aromatic N) is 3. The molecule has 3 aromatic rings. The number of amides is 1. The average Bonchev–Trinajstić information content (AvgIpc) is 3.21. The minimum Gasteiger partial charge on any atom is -0.451 e. The molecule has 0 saturated heterocycles. The Kier molecular flexibility index (Phi) is 7.11. The maximum Gasteiger partial charge on any atom is 0.361 e. The number of benzene rings is 2. The third-order valence-corrected chi connectivity index (χ3v) is 5.19. The van der Waals surface area contributed by atoms with Crippen molar-refractivity contribution < 1.29 is 22.7 Å². The highest BCUT2D eigenvalue weighted by Gasteiger charge is 2.14. The fraction of sp³-hybridized carbons (Fsp3) is 0.200. The summed E-state index contributed by atoms with van der Waals surface area (Å²) in [5.74, 6) is -1.21. The molecular weight excluding hydrogens is 422 g/mol. The monoisotopic (exact) mass is 443 g/mol. The number of esters is 1. The lowest BCUT2D eigenvalue weighted by Crippen LogP contribution is -2.30. The van der Waals surface area contributed by atoms with E-state index in [-0.39, 0.29) is 10.6 Å². The second-order valence-electron chi connectivity index (χ2n) is 6.65. The molecule has 0 aliphatic carbocycles. The number of aromatic nitrogens is 3. The molecule has 2 aromatic carbocycles. The largest absolute Gasteiger partial charge is 0.451 e. The molecule has 162 valence electrons. The van der Waals surface area contributed by atoms with Gasteiger partial charge in [0.1, 0.15) is 0 Å². The Morgan fingerprint density at radius 3 is 2.42 bits per heavy atom. The third kappa shape index (κ3) is 6.73. The molecule has 10 nitrogen and oxygen atoms in total. The second-order valence-corrected chi connectivity index (χ2v) is 8.21. The van der Waals surface area contributed by atoms with Gasteiger partial charge in [-0.05, 0) is 29.7 Å². The number of carbonyl (C=O) groups is 2. The third-order valence-electron chi connectivity index (χ3n) is 4.26. The van der Waals surface area contributed by atoms with Gasteiger partial charge >= 0.3 is 5.97 Å². The van der Waals surface area contributed by atoms with E-state index in [9.17, 15) is 18.0 Å². The van der Waals surface area contributed by atoms with Crippen molar-refractivity contribution in [1.82, 2.24) is 20.3 Å². The van der Waals surface area contributed by atoms with Gasteiger partial charge in [-0.1, -0.05) is 47.7 Å². The summed E-state index contributed by atoms with van der Waals surface area (Å²) in [5, 5.41) is 15.3. The van der Waals surface area contributed by atoms with Crippen molar-refractivity contribution >= 4 is 21.9 Å². The first-order valence-corrected chi connectivity index (χ1v) is 10.9. The zero-order valence-electron chi connectivity index (χ0n) is 16.5. The molecule has 3 rings (SSSR count). The lowest BCUT2D eigenvalue weighted by atomic mass is 10.1. The second kappa shape index (κ2) is 9.96. The van der Waals surface area contributed by atoms with Crippen LogP contribution >= 0.6 is 0 Å². The zero-order chi connectivity index (χ0) is 22.3. The number of sulfonamides is 1. The summed E-state index contributed by atoms with van der Waals surface area (Å²) in [6.45, 7) is 0.299. The predicted molar refractivity (Wildman–Crippen MR) is 110 cm³/mol. The lowest BCUT2D eigenvalue weighted by Gasteiger charge is -2.06. The van der Waals surface area contributed by atoms with Crippen molar-refractivity contribution in [3.8, 4) is 0 Å². The van der Waals surface area contributed by atoms with Crippen LogP contribution in [0.5, 0.6) is 0 Å². The normalized spacial score (nSPS) is 11.1. The van der Waals surface area contributed by atoms with Crippen LogP contribution in [-0.2, 0) is 32.5 Å². The van der Waals surface area contributed by atoms with Gasteiger partial charge in [0.2, 0.25) is 10.0 Å². The van der Waals surface area contributed by atoms with E-state index in [1.807, 2.05) is 30.3 Å². The lowest BCUT2D eigenvalue weighted by molar-refractivity contribution is -0.124. The van der Waals surface area contributed by atoms with Crippen molar-refractivity contribution in [2.45, 2.75) is 17.9 Å². The van der Waals surface area contributed by atoms with Crippen molar-refractivity contribution in [2.24, 2.45) is 5.14 Å². The van der Waals surface area contributed by atoms with Crippen LogP contribution in [-0.4, -0.2) is 48.4 Å². The highest BCUT2D eigenvalue weighted by molar-refractivity contribution is 7.89. The van der Waals surface area contributed by atoms with Gasteiger partial charge in [-0.3, -0.25) is 4.79 Å². The summed E-state index contributed by atoms with van der Waals surface area (Å²) in [6.07, 6.45) is 1.93. The van der Waals surface area contributed by atoms with Gasteiger partial charge in [0.15, 0.2) is 12.3 Å². The Hall–Kier alpha value is -3.57. The van der Waals surface area contributed by atoms with E-state index in [4.69, 9.17) is 9.88 Å². The minimum atomic E-state index is -3.74. The molecule has 0 bridgehead atoms. The highest BCUT2D eigenvalue weighted by atomic mass is 32.2. The van der Waals surface area contributed by atoms with E-state index in [0.29, 0.717) is 19.5 Å². The number of carbonyl (C=O) groups excluding carboxylic acids is 2. The number of rotatable bonds is 9. The Bertz CT molecular complexity index is 1140. The summed E-state index contributed by atoms with van der Waals surface area (Å²) < 4.78 is 28.9. The molecule has 3 N–H and O–H groups in total. The van der Waals surface area contributed by atoms with Crippen LogP contribution in [0.1, 0.15) is 21.6 Å². The molecule has 11 heteroatoms. The molecular formula is C20H21N5O5S. The molecule has 31 heavy (non-hydrogen) atoms. The molecule has 1 heterocycles. The highest BCUT2D eigenvalue weighted by Crippen LogP contribution is 2.09. The number of hydrogen-bond donors (Lipinski definition) is 2. The topological polar surface area (TPSA) is 146 Å². The first-order chi connectivity index (χ1) is 14.8. The van der Waals surface area contributed by atoms with Gasteiger partial charge in [-0.15, -0.1) is 5.10 Å². The van der Waals surface area contributed by atoms with Crippen LogP contribution in [0.4, 0.5) is 0 Å². The average molecular weight is 443 g/mol. The van der Waals surface area contributed by atoms with Crippen LogP contribution in [0, 0.1) is 0 Å². The van der Waals surface area contributed by atoms with Gasteiger partial charge < -0.3 is 10.1 Å². The van der Waals surface area contributed by atoms with Gasteiger partial charge in [-0.25, -0.2) is 23.0 Å². The fourth-order valence-corrected chi connectivity index (χ4v) is 3.20. The molecule has 0 radical (unpaired) electrons. The Morgan fingerprint density at radius 2 is 1.74 bits per heavy atom. The van der Waals surface area contributed by atoms with Crippen LogP contribution in [0.3, 0.4) is 0 Å². The Balaban J connectivity index is 1.40. The van der Waals surface area contributed by atoms with Gasteiger partial charge in [0.25, 0.3) is 5.91 Å². The molecule has 0 spiro atoms. The van der Waals surface area contributed by atoms with E-state index in [1.54, 1.807) is 12.1 Å². The van der Waals surface area contributed by atoms with E-state index in [2.05, 4.69) is 15.6 Å². The molecule has 0 unspecified atom stereocenters. The number of ether oxygens (including phenoxy) is 1. The maximum absolute atomic E-state index is 12.0. The molecule has 0 fully saturated rings. The van der Waals surface area contributed by atoms with Gasteiger partial charge in [0.05, 0.1) is 17.6 Å². The minimum absolute atomic E-state index is 0.0127. The van der Waals surface area contributed by atoms with Crippen LogP contribution in [0.15, 0.2) is 65.7 Å². The van der Waals surface area contributed by atoms with Crippen LogP contribution in [0.2, 0.25) is 0 Å². The first kappa shape index (κ1) is 22.1. The summed E-state index contributed by atoms with van der Waals surface area (Å²) in [7, 11) is -3.74. The Labute approximate surface area is 179 Å². The van der Waals surface area contributed by atoms with Crippen molar-refractivity contribution in [1.29, 1.82) is 0 Å². The fourth-order valence-electron chi connectivity index (χ4n) is 2.69. The smallest absolute Gasteiger partial charge is 0.361 e. The van der Waals surface area contributed by atoms with Crippen LogP contribution < -0.4 is 10.5 Å². The zero-order valence-corrected chi connectivity index (χ0v) is 17.3. The molecule has 0 saturated carbocycles. The molecule has 0 aliphatic rings. The van der Waals surface area contributed by atoms with Crippen molar-refractivity contribution in [3.63, 3.8) is 0 Å². The van der Waals surface area contributed by atoms with Crippen molar-refractivity contribution in [2.75, 3.05) is 13.2 Å². The van der Waals surface area contributed by atoms with Crippen molar-refractivity contribution in [3.05, 3.63) is 77.6 Å². The number of primary sulfonamides is 1. The maximum atomic E-state index is 12.0. The number of nitrogens with two attached hydrogens (primary N) is 1. The number of nitrogens with one attached hydrogen (secondary N) is 1. The summed E-state index contributed by atoms with van der Waals surface area (Å²) in [5.41, 5.74) is 1.84. The van der Waals surface area contributed by atoms with E-state index >= 15 is 0 Å². The quantitative estimate of drug-likeness (QED) is 0.458. The Morgan fingerprint density at radius 1 is 1.03 bits per heavy atom. The van der Waals surface area contributed by atoms with E-state index in [1.165, 1.54) is 23.0 Å². The van der Waals surface area contributed by atoms with E-state index < -0.39 is 28.5 Å². The summed E-state index contributed by atoms with van der Waals surface area (Å²) in [6, 6.07) is 15.6. The molecule has 1 aromatic heterocycles. The van der Waals surface area contributed by atoms with Gasteiger partial charge in [0, 0.05) is 6.54 Å². The first-order valence-electron chi connectivity index (χ1n) is 9.31. The molecule has 0 atom stereocenters. The standard InChI is InChI=1S/C20H21N5O5S/c21-31(28,29)17-8-6-15(7-9-17)10-11-22-19(26)14-30-20(27)18-13-25(24-23-18)12-16-4-2-1-3-5-16/h1-9,13H,10-12,14H2,(H,22,26)(H2,21,28,29). The number of hydrogen-bond acceptors (Lipinski definition) is 7. The summed E-state index contributed by atoms with van der Waals surface area (Å²) >= 11 is 0. The molecule has 1 amide bonds. The van der Waals surface area contributed by atoms with Gasteiger partial charge in [-0.2, -0.15) is 0 Å². The molecule has 0 aliphatic heterocycles. The SMILES string of the molecule is NS(=O)(=O)c1ccc(CCNC(=O)COC(=O)c2cn(Cc3ccccc3)nn2)cc1. The summed E-state index contributed by atoms with van der Waals surface area (Å²) in [4.78, 5) is 23.9. The van der Waals surface area contributed by atoms with Crippen LogP contribution in [0.25, 0.3) is 0 Å². The van der Waals surface area contributed by atoms with E-state index in [0.717, 1.165) is 11.1 Å².